The van der Waals surface area contributed by atoms with Crippen molar-refractivity contribution in [3.63, 3.8) is 0 Å². The minimum Gasteiger partial charge on any atom is -0.337 e. The Morgan fingerprint density at radius 3 is 2.35 bits per heavy atom. The van der Waals surface area contributed by atoms with Crippen molar-refractivity contribution in [1.29, 1.82) is 5.26 Å². The van der Waals surface area contributed by atoms with Crippen molar-refractivity contribution in [2.75, 3.05) is 0 Å². The average molecular weight is 331 g/mol. The van der Waals surface area contributed by atoms with E-state index in [4.69, 9.17) is 10.2 Å². The van der Waals surface area contributed by atoms with Crippen LogP contribution in [0.5, 0.6) is 0 Å². The van der Waals surface area contributed by atoms with Gasteiger partial charge in [0.15, 0.2) is 0 Å². The van der Waals surface area contributed by atoms with Gasteiger partial charge in [-0.3, -0.25) is 0 Å². The molecule has 0 aliphatic carbocycles. The highest BCUT2D eigenvalue weighted by Gasteiger charge is 2.15. The highest BCUT2D eigenvalue weighted by atomic mass is 32.1. The summed E-state index contributed by atoms with van der Waals surface area (Å²) in [5, 5.41) is 15.7. The van der Waals surface area contributed by atoms with Crippen molar-refractivity contribution in [3.8, 4) is 17.5 Å². The van der Waals surface area contributed by atoms with Gasteiger partial charge in [-0.05, 0) is 47.2 Å². The van der Waals surface area contributed by atoms with E-state index in [0.717, 1.165) is 22.4 Å². The molecular weight excluding hydrogens is 322 g/mol. The Morgan fingerprint density at radius 2 is 1.61 bits per heavy atom. The van der Waals surface area contributed by atoms with Crippen LogP contribution in [-0.4, -0.2) is 9.97 Å². The second-order valence-electron chi connectivity index (χ2n) is 5.32. The van der Waals surface area contributed by atoms with Gasteiger partial charge in [0, 0.05) is 16.3 Å². The van der Waals surface area contributed by atoms with Gasteiger partial charge in [0.1, 0.15) is 11.3 Å². The van der Waals surface area contributed by atoms with Crippen LogP contribution in [0.4, 0.5) is 0 Å². The third-order valence-corrected chi connectivity index (χ3v) is 5.91. The number of aromatic nitrogens is 2. The summed E-state index contributed by atoms with van der Waals surface area (Å²) in [4.78, 5) is 8.33. The lowest BCUT2D eigenvalue weighted by atomic mass is 10.1. The quantitative estimate of drug-likeness (QED) is 0.439. The molecule has 23 heavy (non-hydrogen) atoms. The van der Waals surface area contributed by atoms with Gasteiger partial charge in [0.2, 0.25) is 0 Å². The number of H-pyrrole nitrogens is 1. The summed E-state index contributed by atoms with van der Waals surface area (Å²) in [5.41, 5.74) is 3.79. The molecule has 3 heterocycles. The average Bonchev–Trinajstić information content (AvgIpc) is 3.30. The molecule has 3 aromatic heterocycles. The fraction of sp³-hybridized carbons (Fsp3) is 0. The van der Waals surface area contributed by atoms with Crippen LogP contribution in [0.15, 0.2) is 47.2 Å². The first-order valence-corrected chi connectivity index (χ1v) is 8.88. The van der Waals surface area contributed by atoms with Crippen LogP contribution in [0.1, 0.15) is 5.56 Å². The fourth-order valence-corrected chi connectivity index (χ4v) is 4.78. The number of rotatable bonds is 1. The minimum atomic E-state index is 0.658. The van der Waals surface area contributed by atoms with Crippen molar-refractivity contribution in [3.05, 3.63) is 52.7 Å². The van der Waals surface area contributed by atoms with Crippen LogP contribution in [0.25, 0.3) is 42.6 Å². The third kappa shape index (κ3) is 1.76. The molecule has 5 rings (SSSR count). The van der Waals surface area contributed by atoms with E-state index in [-0.39, 0.29) is 0 Å². The molecule has 0 amide bonds. The van der Waals surface area contributed by atoms with E-state index in [1.54, 1.807) is 22.7 Å². The Labute approximate surface area is 139 Å². The van der Waals surface area contributed by atoms with Crippen LogP contribution >= 0.6 is 22.7 Å². The highest BCUT2D eigenvalue weighted by molar-refractivity contribution is 7.20. The molecule has 0 spiro atoms. The van der Waals surface area contributed by atoms with Gasteiger partial charge in [0.25, 0.3) is 0 Å². The Bertz CT molecular complexity index is 1150. The second-order valence-corrected chi connectivity index (χ2v) is 7.16. The topological polar surface area (TPSA) is 52.5 Å². The molecule has 2 aromatic carbocycles. The van der Waals surface area contributed by atoms with E-state index in [2.05, 4.69) is 33.9 Å². The van der Waals surface area contributed by atoms with Gasteiger partial charge in [0.05, 0.1) is 26.5 Å². The van der Waals surface area contributed by atoms with Crippen LogP contribution in [-0.2, 0) is 0 Å². The summed E-state index contributed by atoms with van der Waals surface area (Å²) in [5.74, 6) is 0.847. The number of benzene rings is 2. The van der Waals surface area contributed by atoms with Crippen molar-refractivity contribution in [2.24, 2.45) is 0 Å². The standard InChI is InChI=1S/C18H9N3S2/c19-9-10-1-3-11(4-2-10)18-20-14-15(21-18)17-13(6-8-23-17)12-5-7-22-16(12)14/h1-8H,(H,20,21). The number of aromatic amines is 1. The predicted molar refractivity (Wildman–Crippen MR) is 97.0 cm³/mol. The van der Waals surface area contributed by atoms with Gasteiger partial charge < -0.3 is 4.98 Å². The first-order valence-electron chi connectivity index (χ1n) is 7.12. The number of thiophene rings is 2. The summed E-state index contributed by atoms with van der Waals surface area (Å²) in [6, 6.07) is 14.0. The first-order chi connectivity index (χ1) is 11.3. The molecule has 0 atom stereocenters. The van der Waals surface area contributed by atoms with Gasteiger partial charge in [-0.1, -0.05) is 0 Å². The number of hydrogen-bond acceptors (Lipinski definition) is 4. The predicted octanol–water partition coefficient (Wildman–Crippen LogP) is 5.53. The van der Waals surface area contributed by atoms with E-state index < -0.39 is 0 Å². The van der Waals surface area contributed by atoms with Gasteiger partial charge in [-0.15, -0.1) is 22.7 Å². The summed E-state index contributed by atoms with van der Waals surface area (Å²) in [6.07, 6.45) is 0. The minimum absolute atomic E-state index is 0.658. The van der Waals surface area contributed by atoms with Crippen molar-refractivity contribution in [1.82, 2.24) is 9.97 Å². The van der Waals surface area contributed by atoms with E-state index in [1.807, 2.05) is 24.3 Å². The van der Waals surface area contributed by atoms with Crippen LogP contribution in [0, 0.1) is 11.3 Å². The molecule has 108 valence electrons. The molecule has 0 radical (unpaired) electrons. The molecule has 0 saturated heterocycles. The Balaban J connectivity index is 1.86. The molecule has 5 heteroatoms. The van der Waals surface area contributed by atoms with Gasteiger partial charge in [-0.25, -0.2) is 4.98 Å². The SMILES string of the molecule is N#Cc1ccc(-c2nc3c([nH]2)c2sccc2c2ccsc23)cc1. The summed E-state index contributed by atoms with van der Waals surface area (Å²) < 4.78 is 2.47. The summed E-state index contributed by atoms with van der Waals surface area (Å²) >= 11 is 3.47. The molecular formula is C18H9N3S2. The zero-order valence-corrected chi connectivity index (χ0v) is 13.5. The number of nitrogens with one attached hydrogen (secondary N) is 1. The Hall–Kier alpha value is -2.68. The number of fused-ring (bicyclic) bond motifs is 6. The second kappa shape index (κ2) is 4.66. The highest BCUT2D eigenvalue weighted by Crippen LogP contribution is 2.40. The van der Waals surface area contributed by atoms with Crippen molar-refractivity contribution < 1.29 is 0 Å². The molecule has 5 aromatic rings. The maximum atomic E-state index is 8.93. The number of hydrogen-bond donors (Lipinski definition) is 1. The normalized spacial score (nSPS) is 11.4. The molecule has 0 bridgehead atoms. The molecule has 0 saturated carbocycles. The smallest absolute Gasteiger partial charge is 0.138 e. The number of imidazole rings is 1. The molecule has 0 aliphatic heterocycles. The lowest BCUT2D eigenvalue weighted by Gasteiger charge is -1.96. The van der Waals surface area contributed by atoms with Crippen LogP contribution in [0.3, 0.4) is 0 Å². The largest absolute Gasteiger partial charge is 0.337 e. The molecule has 1 N–H and O–H groups in total. The van der Waals surface area contributed by atoms with Crippen LogP contribution in [0.2, 0.25) is 0 Å². The first kappa shape index (κ1) is 12.8. The van der Waals surface area contributed by atoms with Crippen LogP contribution < -0.4 is 0 Å². The van der Waals surface area contributed by atoms with E-state index in [1.165, 1.54) is 20.2 Å². The maximum Gasteiger partial charge on any atom is 0.138 e. The van der Waals surface area contributed by atoms with E-state index >= 15 is 0 Å². The number of nitriles is 1. The van der Waals surface area contributed by atoms with Crippen molar-refractivity contribution in [2.45, 2.75) is 0 Å². The molecule has 0 fully saturated rings. The summed E-state index contributed by atoms with van der Waals surface area (Å²) in [6.45, 7) is 0. The summed E-state index contributed by atoms with van der Waals surface area (Å²) in [7, 11) is 0. The number of nitrogens with zero attached hydrogens (tertiary/aromatic N) is 2. The Kier molecular flexibility index (Phi) is 2.60. The lowest BCUT2D eigenvalue weighted by Crippen LogP contribution is -1.80. The molecule has 0 aliphatic rings. The molecule has 3 nitrogen and oxygen atoms in total. The third-order valence-electron chi connectivity index (χ3n) is 4.05. The Morgan fingerprint density at radius 1 is 0.913 bits per heavy atom. The fourth-order valence-electron chi connectivity index (χ4n) is 2.96. The molecule has 0 unspecified atom stereocenters. The van der Waals surface area contributed by atoms with E-state index in [9.17, 15) is 0 Å². The monoisotopic (exact) mass is 331 g/mol. The lowest BCUT2D eigenvalue weighted by molar-refractivity contribution is 1.34. The van der Waals surface area contributed by atoms with Gasteiger partial charge in [-0.2, -0.15) is 5.26 Å². The zero-order valence-electron chi connectivity index (χ0n) is 11.8. The zero-order chi connectivity index (χ0) is 15.4. The van der Waals surface area contributed by atoms with Crippen molar-refractivity contribution >= 4 is 53.9 Å². The van der Waals surface area contributed by atoms with Gasteiger partial charge >= 0.3 is 0 Å². The maximum absolute atomic E-state index is 8.93. The van der Waals surface area contributed by atoms with E-state index in [0.29, 0.717) is 5.56 Å².